The molecule has 0 saturated heterocycles. The Bertz CT molecular complexity index is 625. The molecule has 2 aromatic carbocycles. The van der Waals surface area contributed by atoms with Gasteiger partial charge in [0.2, 0.25) is 0 Å². The van der Waals surface area contributed by atoms with Gasteiger partial charge >= 0.3 is 0 Å². The van der Waals surface area contributed by atoms with Gasteiger partial charge in [-0.25, -0.2) is 0 Å². The maximum absolute atomic E-state index is 5.74. The second-order valence-electron chi connectivity index (χ2n) is 3.64. The molecule has 0 aliphatic rings. The first kappa shape index (κ1) is 8.60. The maximum atomic E-state index is 5.74. The number of para-hydroxylation sites is 1. The van der Waals surface area contributed by atoms with E-state index in [1.54, 1.807) is 0 Å². The van der Waals surface area contributed by atoms with Crippen molar-refractivity contribution in [1.82, 2.24) is 0 Å². The minimum Gasteiger partial charge on any atom is -0.456 e. The third-order valence-corrected chi connectivity index (χ3v) is 2.73. The van der Waals surface area contributed by atoms with Crippen molar-refractivity contribution >= 4 is 34.7 Å². The lowest BCUT2D eigenvalue weighted by molar-refractivity contribution is 0.669. The first-order valence-electron chi connectivity index (χ1n) is 5.09. The summed E-state index contributed by atoms with van der Waals surface area (Å²) in [7, 11) is 2.10. The lowest BCUT2D eigenvalue weighted by Crippen LogP contribution is -2.08. The van der Waals surface area contributed by atoms with Crippen LogP contribution in [-0.4, -0.2) is 7.28 Å². The van der Waals surface area contributed by atoms with Crippen molar-refractivity contribution in [2.24, 2.45) is 0 Å². The average Bonchev–Trinajstić information content (AvgIpc) is 2.66. The Hall–Kier alpha value is -1.70. The highest BCUT2D eigenvalue weighted by Gasteiger charge is 2.05. The average molecular weight is 193 g/mol. The summed E-state index contributed by atoms with van der Waals surface area (Å²) in [5.74, 6) is 0. The largest absolute Gasteiger partial charge is 0.456 e. The van der Waals surface area contributed by atoms with E-state index in [-0.39, 0.29) is 0 Å². The summed E-state index contributed by atoms with van der Waals surface area (Å²) in [6, 6.07) is 14.4. The summed E-state index contributed by atoms with van der Waals surface area (Å²) in [6.07, 6.45) is 0. The molecule has 0 spiro atoms. The van der Waals surface area contributed by atoms with Crippen LogP contribution in [0.5, 0.6) is 0 Å². The van der Waals surface area contributed by atoms with Crippen LogP contribution in [0.15, 0.2) is 46.9 Å². The Morgan fingerprint density at radius 3 is 2.60 bits per heavy atom. The topological polar surface area (TPSA) is 13.1 Å². The highest BCUT2D eigenvalue weighted by atomic mass is 16.3. The Kier molecular flexibility index (Phi) is 1.81. The smallest absolute Gasteiger partial charge is 0.148 e. The van der Waals surface area contributed by atoms with Crippen LogP contribution in [0, 0.1) is 0 Å². The standard InChI is InChI=1S/C13H10BO/c1-14-9-6-7-13-11(8-9)10-4-2-3-5-12(10)15-13/h2-8H,1H3. The molecule has 2 heteroatoms. The summed E-state index contributed by atoms with van der Waals surface area (Å²) >= 11 is 0. The number of hydrogen-bond donors (Lipinski definition) is 0. The molecule has 1 heterocycles. The molecule has 0 aliphatic carbocycles. The predicted octanol–water partition coefficient (Wildman–Crippen LogP) is 2.96. The van der Waals surface area contributed by atoms with Crippen LogP contribution in [0.2, 0.25) is 6.82 Å². The molecule has 0 amide bonds. The maximum Gasteiger partial charge on any atom is 0.148 e. The van der Waals surface area contributed by atoms with Crippen LogP contribution < -0.4 is 5.46 Å². The molecule has 0 atom stereocenters. The zero-order valence-electron chi connectivity index (χ0n) is 8.53. The summed E-state index contributed by atoms with van der Waals surface area (Å²) in [6.45, 7) is 2.05. The van der Waals surface area contributed by atoms with Gasteiger partial charge in [0.1, 0.15) is 18.4 Å². The number of hydrogen-bond acceptors (Lipinski definition) is 1. The zero-order chi connectivity index (χ0) is 10.3. The van der Waals surface area contributed by atoms with Gasteiger partial charge in [0, 0.05) is 10.8 Å². The fourth-order valence-electron chi connectivity index (χ4n) is 1.92. The third kappa shape index (κ3) is 1.25. The van der Waals surface area contributed by atoms with Gasteiger partial charge in [0.05, 0.1) is 0 Å². The van der Waals surface area contributed by atoms with Gasteiger partial charge in [-0.15, -0.1) is 0 Å². The molecular weight excluding hydrogens is 183 g/mol. The van der Waals surface area contributed by atoms with Crippen molar-refractivity contribution in [3.63, 3.8) is 0 Å². The second-order valence-corrected chi connectivity index (χ2v) is 3.64. The molecule has 71 valence electrons. The molecule has 0 saturated carbocycles. The SMILES string of the molecule is C[B]c1ccc2oc3ccccc3c2c1. The van der Waals surface area contributed by atoms with E-state index >= 15 is 0 Å². The summed E-state index contributed by atoms with van der Waals surface area (Å²) < 4.78 is 5.74. The van der Waals surface area contributed by atoms with E-state index in [9.17, 15) is 0 Å². The fourth-order valence-corrected chi connectivity index (χ4v) is 1.92. The molecule has 0 fully saturated rings. The molecule has 0 N–H and O–H groups in total. The quantitative estimate of drug-likeness (QED) is 0.541. The van der Waals surface area contributed by atoms with Gasteiger partial charge in [-0.1, -0.05) is 42.6 Å². The van der Waals surface area contributed by atoms with Crippen LogP contribution >= 0.6 is 0 Å². The first-order chi connectivity index (χ1) is 7.38. The summed E-state index contributed by atoms with van der Waals surface area (Å²) in [5, 5.41) is 2.39. The first-order valence-corrected chi connectivity index (χ1v) is 5.09. The molecule has 0 bridgehead atoms. The van der Waals surface area contributed by atoms with Crippen molar-refractivity contribution in [2.45, 2.75) is 6.82 Å². The Labute approximate surface area is 88.9 Å². The van der Waals surface area contributed by atoms with Crippen LogP contribution in [-0.2, 0) is 0 Å². The zero-order valence-corrected chi connectivity index (χ0v) is 8.53. The normalized spacial score (nSPS) is 11.0. The van der Waals surface area contributed by atoms with E-state index in [0.29, 0.717) is 0 Å². The molecule has 15 heavy (non-hydrogen) atoms. The van der Waals surface area contributed by atoms with E-state index in [4.69, 9.17) is 4.42 Å². The van der Waals surface area contributed by atoms with E-state index in [2.05, 4.69) is 25.5 Å². The molecule has 1 radical (unpaired) electrons. The Morgan fingerprint density at radius 1 is 0.933 bits per heavy atom. The molecule has 3 rings (SSSR count). The van der Waals surface area contributed by atoms with E-state index in [1.807, 2.05) is 31.1 Å². The van der Waals surface area contributed by atoms with Gasteiger partial charge in [0.15, 0.2) is 0 Å². The minimum absolute atomic E-state index is 0.959. The second kappa shape index (κ2) is 3.16. The third-order valence-electron chi connectivity index (χ3n) is 2.73. The van der Waals surface area contributed by atoms with Crippen LogP contribution in [0.4, 0.5) is 0 Å². The molecule has 0 unspecified atom stereocenters. The number of benzene rings is 2. The van der Waals surface area contributed by atoms with Crippen molar-refractivity contribution in [1.29, 1.82) is 0 Å². The van der Waals surface area contributed by atoms with Crippen molar-refractivity contribution in [2.75, 3.05) is 0 Å². The number of rotatable bonds is 1. The van der Waals surface area contributed by atoms with Crippen molar-refractivity contribution in [3.8, 4) is 0 Å². The van der Waals surface area contributed by atoms with Gasteiger partial charge in [-0.05, 0) is 12.1 Å². The monoisotopic (exact) mass is 193 g/mol. The number of fused-ring (bicyclic) bond motifs is 3. The van der Waals surface area contributed by atoms with Crippen LogP contribution in [0.25, 0.3) is 21.9 Å². The van der Waals surface area contributed by atoms with Gasteiger partial charge in [0.25, 0.3) is 0 Å². The minimum atomic E-state index is 0.959. The molecule has 1 nitrogen and oxygen atoms in total. The molecular formula is C13H10BO. The summed E-state index contributed by atoms with van der Waals surface area (Å²) in [5.41, 5.74) is 3.15. The van der Waals surface area contributed by atoms with E-state index in [0.717, 1.165) is 11.2 Å². The van der Waals surface area contributed by atoms with E-state index < -0.39 is 0 Å². The van der Waals surface area contributed by atoms with E-state index in [1.165, 1.54) is 16.2 Å². The number of furan rings is 1. The highest BCUT2D eigenvalue weighted by Crippen LogP contribution is 2.27. The Morgan fingerprint density at radius 2 is 1.73 bits per heavy atom. The fraction of sp³-hybridized carbons (Fsp3) is 0.0769. The van der Waals surface area contributed by atoms with Gasteiger partial charge < -0.3 is 4.42 Å². The molecule has 0 aliphatic heterocycles. The lowest BCUT2D eigenvalue weighted by atomic mass is 9.73. The summed E-state index contributed by atoms with van der Waals surface area (Å²) in [4.78, 5) is 0. The van der Waals surface area contributed by atoms with Crippen LogP contribution in [0.3, 0.4) is 0 Å². The van der Waals surface area contributed by atoms with Gasteiger partial charge in [-0.2, -0.15) is 0 Å². The molecule has 3 aromatic rings. The highest BCUT2D eigenvalue weighted by molar-refractivity contribution is 6.52. The van der Waals surface area contributed by atoms with Crippen molar-refractivity contribution in [3.05, 3.63) is 42.5 Å². The van der Waals surface area contributed by atoms with Crippen molar-refractivity contribution < 1.29 is 4.42 Å². The Balaban J connectivity index is 2.46. The predicted molar refractivity (Wildman–Crippen MR) is 65.0 cm³/mol. The van der Waals surface area contributed by atoms with Gasteiger partial charge in [-0.3, -0.25) is 0 Å². The lowest BCUT2D eigenvalue weighted by Gasteiger charge is -1.94. The molecule has 1 aromatic heterocycles. The van der Waals surface area contributed by atoms with Crippen LogP contribution in [0.1, 0.15) is 0 Å².